The summed E-state index contributed by atoms with van der Waals surface area (Å²) in [5.41, 5.74) is 0.865. The molecule has 2 fully saturated rings. The van der Waals surface area contributed by atoms with Crippen LogP contribution >= 0.6 is 23.2 Å². The van der Waals surface area contributed by atoms with Gasteiger partial charge in [0.2, 0.25) is 0 Å². The first-order valence-corrected chi connectivity index (χ1v) is 15.5. The van der Waals surface area contributed by atoms with Gasteiger partial charge in [0.05, 0.1) is 70.9 Å². The van der Waals surface area contributed by atoms with Crippen molar-refractivity contribution in [3.8, 4) is 22.6 Å². The van der Waals surface area contributed by atoms with Gasteiger partial charge in [-0.25, -0.2) is 9.18 Å². The molecule has 2 N–H and O–H groups in total. The van der Waals surface area contributed by atoms with Gasteiger partial charge in [0, 0.05) is 23.1 Å². The Balaban J connectivity index is 1.27. The number of anilines is 1. The first-order valence-electron chi connectivity index (χ1n) is 14.7. The second-order valence-electron chi connectivity index (χ2n) is 12.2. The Morgan fingerprint density at radius 2 is 1.76 bits per heavy atom. The molecular weight excluding hydrogens is 626 g/mol. The largest absolute Gasteiger partial charge is 0.493 e. The van der Waals surface area contributed by atoms with Crippen molar-refractivity contribution in [3.63, 3.8) is 0 Å². The minimum Gasteiger partial charge on any atom is -0.493 e. The fraction of sp³-hybridized carbons (Fsp3) is 0.394. The number of para-hydroxylation sites is 1. The summed E-state index contributed by atoms with van der Waals surface area (Å²) in [5.74, 6) is -1.56. The van der Waals surface area contributed by atoms with E-state index in [4.69, 9.17) is 37.4 Å². The number of aromatic carboxylic acids is 1. The Bertz CT molecular complexity index is 1620. The van der Waals surface area contributed by atoms with Crippen LogP contribution in [0.1, 0.15) is 59.4 Å². The lowest BCUT2D eigenvalue weighted by molar-refractivity contribution is 0.0515. The second-order valence-corrected chi connectivity index (χ2v) is 13.0. The molecule has 12 heteroatoms. The van der Waals surface area contributed by atoms with E-state index < -0.39 is 23.3 Å². The van der Waals surface area contributed by atoms with Crippen molar-refractivity contribution in [1.82, 2.24) is 4.90 Å². The average Bonchev–Trinajstić information content (AvgIpc) is 3.22. The number of benzene rings is 3. The molecule has 0 saturated carbocycles. The van der Waals surface area contributed by atoms with E-state index in [-0.39, 0.29) is 58.7 Å². The molecule has 2 bridgehead atoms. The number of hydrogen-bond donors (Lipinski definition) is 2. The van der Waals surface area contributed by atoms with Crippen molar-refractivity contribution in [1.29, 1.82) is 0 Å². The van der Waals surface area contributed by atoms with E-state index in [2.05, 4.69) is 4.90 Å². The van der Waals surface area contributed by atoms with Gasteiger partial charge in [0.15, 0.2) is 6.73 Å². The first-order chi connectivity index (χ1) is 21.4. The summed E-state index contributed by atoms with van der Waals surface area (Å²) in [6, 6.07) is 11.0. The highest BCUT2D eigenvalue weighted by Gasteiger charge is 2.40. The number of rotatable bonds is 8. The number of carbonyl (C=O) groups excluding carboxylic acids is 1. The van der Waals surface area contributed by atoms with Crippen LogP contribution < -0.4 is 14.4 Å². The third kappa shape index (κ3) is 6.29. The quantitative estimate of drug-likeness (QED) is 0.286. The van der Waals surface area contributed by atoms with Crippen LogP contribution in [-0.2, 0) is 11.3 Å². The average molecular weight is 660 g/mol. The van der Waals surface area contributed by atoms with Gasteiger partial charge < -0.3 is 34.2 Å². The summed E-state index contributed by atoms with van der Waals surface area (Å²) in [6.45, 7) is 4.57. The smallest absolute Gasteiger partial charge is 0.337 e. The third-order valence-electron chi connectivity index (χ3n) is 8.45. The summed E-state index contributed by atoms with van der Waals surface area (Å²) in [4.78, 5) is 29.3. The normalized spacial score (nSPS) is 19.2. The maximum atomic E-state index is 15.6. The Morgan fingerprint density at radius 1 is 1.07 bits per heavy atom. The SMILES string of the molecule is CC(C)(O)CCOc1cc(Cl)c(C(=O)N2COc3c(cccc3-c3cc(N4C5CCC4COC5)c(C(=O)O)cc3F)C2)c(Cl)c1. The summed E-state index contributed by atoms with van der Waals surface area (Å²) >= 11 is 13.0. The topological polar surface area (TPSA) is 109 Å². The van der Waals surface area contributed by atoms with E-state index in [1.807, 2.05) is 0 Å². The Morgan fingerprint density at radius 3 is 2.40 bits per heavy atom. The number of nitrogens with zero attached hydrogens (tertiary/aromatic N) is 2. The van der Waals surface area contributed by atoms with Crippen LogP contribution in [0, 0.1) is 5.82 Å². The maximum Gasteiger partial charge on any atom is 0.337 e. The number of carbonyl (C=O) groups is 2. The highest BCUT2D eigenvalue weighted by atomic mass is 35.5. The molecule has 2 saturated heterocycles. The van der Waals surface area contributed by atoms with Crippen molar-refractivity contribution in [2.75, 3.05) is 31.5 Å². The van der Waals surface area contributed by atoms with Crippen LogP contribution in [0.5, 0.6) is 11.5 Å². The molecule has 6 rings (SSSR count). The molecule has 9 nitrogen and oxygen atoms in total. The maximum absolute atomic E-state index is 15.6. The number of hydrogen-bond acceptors (Lipinski definition) is 7. The van der Waals surface area contributed by atoms with E-state index in [9.17, 15) is 19.8 Å². The van der Waals surface area contributed by atoms with Gasteiger partial charge in [-0.1, -0.05) is 41.4 Å². The highest BCUT2D eigenvalue weighted by Crippen LogP contribution is 2.43. The van der Waals surface area contributed by atoms with Gasteiger partial charge in [-0.2, -0.15) is 0 Å². The van der Waals surface area contributed by atoms with E-state index in [0.29, 0.717) is 47.9 Å². The molecule has 3 aromatic carbocycles. The molecule has 3 heterocycles. The number of carboxylic acid groups (broad SMARTS) is 1. The monoisotopic (exact) mass is 658 g/mol. The van der Waals surface area contributed by atoms with Crippen molar-refractivity contribution >= 4 is 40.8 Å². The molecule has 0 aliphatic carbocycles. The number of ether oxygens (including phenoxy) is 3. The minimum atomic E-state index is -1.20. The first kappa shape index (κ1) is 31.4. The summed E-state index contributed by atoms with van der Waals surface area (Å²) in [7, 11) is 0. The molecule has 3 aromatic rings. The molecule has 2 unspecified atom stereocenters. The van der Waals surface area contributed by atoms with Crippen LogP contribution in [0.3, 0.4) is 0 Å². The number of halogens is 3. The zero-order chi connectivity index (χ0) is 32.0. The number of aliphatic hydroxyl groups is 1. The molecular formula is C33H33Cl2FN2O7. The lowest BCUT2D eigenvalue weighted by atomic mass is 9.96. The molecule has 1 amide bonds. The second kappa shape index (κ2) is 12.3. The molecule has 2 atom stereocenters. The predicted molar refractivity (Wildman–Crippen MR) is 167 cm³/mol. The third-order valence-corrected chi connectivity index (χ3v) is 9.04. The van der Waals surface area contributed by atoms with Crippen molar-refractivity contribution < 1.29 is 38.4 Å². The molecule has 3 aliphatic heterocycles. The van der Waals surface area contributed by atoms with Crippen LogP contribution in [-0.4, -0.2) is 71.2 Å². The van der Waals surface area contributed by atoms with Gasteiger partial charge in [-0.3, -0.25) is 4.79 Å². The van der Waals surface area contributed by atoms with Gasteiger partial charge in [-0.15, -0.1) is 0 Å². The van der Waals surface area contributed by atoms with Crippen molar-refractivity contribution in [2.45, 2.75) is 57.3 Å². The summed E-state index contributed by atoms with van der Waals surface area (Å²) < 4.78 is 33.1. The number of morpholine rings is 1. The Kier molecular flexibility index (Phi) is 8.60. The van der Waals surface area contributed by atoms with Gasteiger partial charge in [0.1, 0.15) is 17.3 Å². The molecule has 0 spiro atoms. The fourth-order valence-corrected chi connectivity index (χ4v) is 6.83. The number of carboxylic acids is 1. The van der Waals surface area contributed by atoms with Crippen LogP contribution in [0.15, 0.2) is 42.5 Å². The van der Waals surface area contributed by atoms with E-state index >= 15 is 4.39 Å². The number of amides is 1. The molecule has 0 aromatic heterocycles. The van der Waals surface area contributed by atoms with Crippen LogP contribution in [0.4, 0.5) is 10.1 Å². The van der Waals surface area contributed by atoms with Gasteiger partial charge in [0.25, 0.3) is 5.91 Å². The zero-order valence-corrected chi connectivity index (χ0v) is 26.3. The Hall–Kier alpha value is -3.57. The van der Waals surface area contributed by atoms with E-state index in [1.54, 1.807) is 38.1 Å². The lowest BCUT2D eigenvalue weighted by Gasteiger charge is -2.37. The Labute approximate surface area is 270 Å². The molecule has 0 radical (unpaired) electrons. The highest BCUT2D eigenvalue weighted by molar-refractivity contribution is 6.39. The minimum absolute atomic E-state index is 0.0210. The van der Waals surface area contributed by atoms with Crippen molar-refractivity contribution in [2.24, 2.45) is 0 Å². The van der Waals surface area contributed by atoms with Gasteiger partial charge >= 0.3 is 5.97 Å². The standard InChI is InChI=1S/C33H33Cl2FN2O7/c1-33(2,42)8-9-44-21-10-25(34)29(26(35)11-21)31(39)37-14-18-4-3-5-22(30(18)45-17-37)23-13-28(24(32(40)41)12-27(23)36)38-19-6-7-20(38)16-43-15-19/h3-5,10-13,19-20,42H,6-9,14-17H2,1-2H3,(H,40,41). The predicted octanol–water partition coefficient (Wildman–Crippen LogP) is 6.40. The fourth-order valence-electron chi connectivity index (χ4n) is 6.21. The molecule has 3 aliphatic rings. The lowest BCUT2D eigenvalue weighted by Crippen LogP contribution is -2.46. The van der Waals surface area contributed by atoms with Crippen LogP contribution in [0.25, 0.3) is 11.1 Å². The summed E-state index contributed by atoms with van der Waals surface area (Å²) in [6.07, 6.45) is 2.13. The van der Waals surface area contributed by atoms with Gasteiger partial charge in [-0.05, 0) is 51.0 Å². The summed E-state index contributed by atoms with van der Waals surface area (Å²) in [5, 5.41) is 20.1. The van der Waals surface area contributed by atoms with E-state index in [1.165, 1.54) is 17.0 Å². The zero-order valence-electron chi connectivity index (χ0n) is 24.8. The molecule has 45 heavy (non-hydrogen) atoms. The van der Waals surface area contributed by atoms with Crippen molar-refractivity contribution in [3.05, 3.63) is 75.0 Å². The van der Waals surface area contributed by atoms with E-state index in [0.717, 1.165) is 18.9 Å². The number of fused-ring (bicyclic) bond motifs is 3. The molecule has 238 valence electrons. The van der Waals surface area contributed by atoms with Crippen LogP contribution in [0.2, 0.25) is 10.0 Å².